The Morgan fingerprint density at radius 3 is 2.94 bits per heavy atom. The van der Waals surface area contributed by atoms with Crippen LogP contribution in [0.2, 0.25) is 5.02 Å². The first-order valence-corrected chi connectivity index (χ1v) is 6.58. The first-order chi connectivity index (χ1) is 8.69. The van der Waals surface area contributed by atoms with E-state index >= 15 is 0 Å². The van der Waals surface area contributed by atoms with Crippen LogP contribution in [-0.2, 0) is 6.54 Å². The smallest absolute Gasteiger partial charge is 0.219 e. The van der Waals surface area contributed by atoms with Crippen LogP contribution in [0.3, 0.4) is 0 Å². The molecular weight excluding hydrogens is 316 g/mol. The number of nitrogens with one attached hydrogen (secondary N) is 1. The van der Waals surface area contributed by atoms with Gasteiger partial charge in [-0.15, -0.1) is 0 Å². The first kappa shape index (κ1) is 13.3. The second kappa shape index (κ2) is 6.18. The van der Waals surface area contributed by atoms with Crippen molar-refractivity contribution in [3.63, 3.8) is 0 Å². The summed E-state index contributed by atoms with van der Waals surface area (Å²) >= 11 is 9.44. The summed E-state index contributed by atoms with van der Waals surface area (Å²) in [4.78, 5) is 4.16. The summed E-state index contributed by atoms with van der Waals surface area (Å²) in [6.45, 7) is 0.769. The highest BCUT2D eigenvalue weighted by Crippen LogP contribution is 2.31. The molecule has 2 aromatic rings. The van der Waals surface area contributed by atoms with Crippen LogP contribution in [0.5, 0.6) is 11.6 Å². The molecule has 0 spiro atoms. The standard InChI is InChI=1S/C13H12BrClN2O/c1-16-8-9-4-5-17-13(6-9)18-12-7-10(14)2-3-11(12)15/h2-7,16H,8H2,1H3. The number of hydrogen-bond donors (Lipinski definition) is 1. The zero-order valence-corrected chi connectivity index (χ0v) is 12.1. The highest BCUT2D eigenvalue weighted by Gasteiger charge is 2.05. The summed E-state index contributed by atoms with van der Waals surface area (Å²) in [6, 6.07) is 9.27. The number of hydrogen-bond acceptors (Lipinski definition) is 3. The maximum atomic E-state index is 6.06. The van der Waals surface area contributed by atoms with Crippen LogP contribution in [0.15, 0.2) is 41.0 Å². The highest BCUT2D eigenvalue weighted by molar-refractivity contribution is 9.10. The molecule has 94 valence electrons. The molecule has 0 aliphatic heterocycles. The summed E-state index contributed by atoms with van der Waals surface area (Å²) in [7, 11) is 1.89. The predicted molar refractivity (Wildman–Crippen MR) is 76.2 cm³/mol. The van der Waals surface area contributed by atoms with Gasteiger partial charge in [-0.2, -0.15) is 0 Å². The SMILES string of the molecule is CNCc1ccnc(Oc2cc(Br)ccc2Cl)c1. The van der Waals surface area contributed by atoms with Gasteiger partial charge in [0.2, 0.25) is 5.88 Å². The molecule has 0 amide bonds. The van der Waals surface area contributed by atoms with E-state index in [9.17, 15) is 0 Å². The fraction of sp³-hybridized carbons (Fsp3) is 0.154. The van der Waals surface area contributed by atoms with Gasteiger partial charge in [0.25, 0.3) is 0 Å². The van der Waals surface area contributed by atoms with E-state index in [0.29, 0.717) is 16.7 Å². The molecule has 0 radical (unpaired) electrons. The van der Waals surface area contributed by atoms with Gasteiger partial charge in [-0.25, -0.2) is 4.98 Å². The van der Waals surface area contributed by atoms with E-state index in [2.05, 4.69) is 26.2 Å². The Balaban J connectivity index is 2.22. The van der Waals surface area contributed by atoms with Crippen LogP contribution in [0.25, 0.3) is 0 Å². The molecule has 0 bridgehead atoms. The van der Waals surface area contributed by atoms with Gasteiger partial charge in [0.15, 0.2) is 0 Å². The Kier molecular flexibility index (Phi) is 4.58. The molecule has 0 saturated carbocycles. The molecule has 5 heteroatoms. The van der Waals surface area contributed by atoms with Gasteiger partial charge < -0.3 is 10.1 Å². The number of halogens is 2. The van der Waals surface area contributed by atoms with Crippen molar-refractivity contribution in [2.75, 3.05) is 7.05 Å². The van der Waals surface area contributed by atoms with Gasteiger partial charge in [-0.1, -0.05) is 27.5 Å². The Bertz CT molecular complexity index is 548. The number of nitrogens with zero attached hydrogens (tertiary/aromatic N) is 1. The molecular formula is C13H12BrClN2O. The van der Waals surface area contributed by atoms with Gasteiger partial charge >= 0.3 is 0 Å². The fourth-order valence-corrected chi connectivity index (χ4v) is 1.98. The quantitative estimate of drug-likeness (QED) is 0.921. The van der Waals surface area contributed by atoms with Crippen LogP contribution >= 0.6 is 27.5 Å². The van der Waals surface area contributed by atoms with Gasteiger partial charge in [0.1, 0.15) is 5.75 Å². The second-order valence-corrected chi connectivity index (χ2v) is 5.03. The summed E-state index contributed by atoms with van der Waals surface area (Å²) in [5, 5.41) is 3.63. The van der Waals surface area contributed by atoms with Crippen LogP contribution in [0.1, 0.15) is 5.56 Å². The average Bonchev–Trinajstić information content (AvgIpc) is 2.35. The van der Waals surface area contributed by atoms with Crippen LogP contribution < -0.4 is 10.1 Å². The van der Waals surface area contributed by atoms with Gasteiger partial charge in [-0.3, -0.25) is 0 Å². The molecule has 18 heavy (non-hydrogen) atoms. The minimum atomic E-state index is 0.530. The maximum Gasteiger partial charge on any atom is 0.219 e. The molecule has 0 atom stereocenters. The third-order valence-electron chi connectivity index (χ3n) is 2.29. The second-order valence-electron chi connectivity index (χ2n) is 3.71. The molecule has 0 unspecified atom stereocenters. The summed E-state index contributed by atoms with van der Waals surface area (Å²) < 4.78 is 6.59. The van der Waals surface area contributed by atoms with E-state index in [4.69, 9.17) is 16.3 Å². The molecule has 1 aromatic carbocycles. The molecule has 2 rings (SSSR count). The van der Waals surface area contributed by atoms with Gasteiger partial charge in [0, 0.05) is 23.3 Å². The molecule has 3 nitrogen and oxygen atoms in total. The molecule has 0 saturated heterocycles. The van der Waals surface area contributed by atoms with Crippen LogP contribution in [-0.4, -0.2) is 12.0 Å². The lowest BCUT2D eigenvalue weighted by Crippen LogP contribution is -2.05. The van der Waals surface area contributed by atoms with Crippen molar-refractivity contribution in [3.8, 4) is 11.6 Å². The average molecular weight is 328 g/mol. The van der Waals surface area contributed by atoms with Crippen molar-refractivity contribution >= 4 is 27.5 Å². The molecule has 1 heterocycles. The minimum absolute atomic E-state index is 0.530. The van der Waals surface area contributed by atoms with E-state index in [1.54, 1.807) is 12.3 Å². The zero-order chi connectivity index (χ0) is 13.0. The molecule has 0 aliphatic carbocycles. The Morgan fingerprint density at radius 1 is 1.33 bits per heavy atom. The Morgan fingerprint density at radius 2 is 2.17 bits per heavy atom. The topological polar surface area (TPSA) is 34.2 Å². The number of ether oxygens (including phenoxy) is 1. The number of aromatic nitrogens is 1. The maximum absolute atomic E-state index is 6.06. The lowest BCUT2D eigenvalue weighted by molar-refractivity contribution is 0.462. The minimum Gasteiger partial charge on any atom is -0.437 e. The van der Waals surface area contributed by atoms with E-state index in [1.165, 1.54) is 0 Å². The number of pyridine rings is 1. The molecule has 0 fully saturated rings. The van der Waals surface area contributed by atoms with Crippen molar-refractivity contribution in [1.29, 1.82) is 0 Å². The van der Waals surface area contributed by atoms with Crippen molar-refractivity contribution in [2.24, 2.45) is 0 Å². The normalized spacial score (nSPS) is 10.4. The van der Waals surface area contributed by atoms with Crippen molar-refractivity contribution in [2.45, 2.75) is 6.54 Å². The monoisotopic (exact) mass is 326 g/mol. The molecule has 0 aliphatic rings. The molecule has 1 aromatic heterocycles. The van der Waals surface area contributed by atoms with E-state index in [0.717, 1.165) is 16.6 Å². The number of benzene rings is 1. The van der Waals surface area contributed by atoms with Gasteiger partial charge in [0.05, 0.1) is 5.02 Å². The van der Waals surface area contributed by atoms with Gasteiger partial charge in [-0.05, 0) is 36.9 Å². The summed E-state index contributed by atoms with van der Waals surface area (Å²) in [5.41, 5.74) is 1.11. The third kappa shape index (κ3) is 3.45. The van der Waals surface area contributed by atoms with E-state index in [-0.39, 0.29) is 0 Å². The third-order valence-corrected chi connectivity index (χ3v) is 3.09. The lowest BCUT2D eigenvalue weighted by atomic mass is 10.2. The van der Waals surface area contributed by atoms with Crippen molar-refractivity contribution in [1.82, 2.24) is 10.3 Å². The highest BCUT2D eigenvalue weighted by atomic mass is 79.9. The zero-order valence-electron chi connectivity index (χ0n) is 9.78. The summed E-state index contributed by atoms with van der Waals surface area (Å²) in [5.74, 6) is 1.11. The van der Waals surface area contributed by atoms with Crippen LogP contribution in [0, 0.1) is 0 Å². The van der Waals surface area contributed by atoms with Crippen molar-refractivity contribution in [3.05, 3.63) is 51.6 Å². The summed E-state index contributed by atoms with van der Waals surface area (Å²) in [6.07, 6.45) is 1.72. The fourth-order valence-electron chi connectivity index (χ4n) is 1.49. The predicted octanol–water partition coefficient (Wildman–Crippen LogP) is 4.01. The van der Waals surface area contributed by atoms with Crippen LogP contribution in [0.4, 0.5) is 0 Å². The largest absolute Gasteiger partial charge is 0.437 e. The Labute approximate surface area is 119 Å². The van der Waals surface area contributed by atoms with E-state index in [1.807, 2.05) is 31.3 Å². The first-order valence-electron chi connectivity index (χ1n) is 5.41. The van der Waals surface area contributed by atoms with E-state index < -0.39 is 0 Å². The molecule has 1 N–H and O–H groups in total. The van der Waals surface area contributed by atoms with Crippen molar-refractivity contribution < 1.29 is 4.74 Å². The number of rotatable bonds is 4. The Hall–Kier alpha value is -1.10. The lowest BCUT2D eigenvalue weighted by Gasteiger charge is -2.08.